The fraction of sp³-hybridized carbons (Fsp3) is 0.200. The Bertz CT molecular complexity index is 368. The van der Waals surface area contributed by atoms with Crippen LogP contribution < -0.4 is 0 Å². The number of rotatable bonds is 1. The molecular formula is C10H10N2O. The fourth-order valence-corrected chi connectivity index (χ4v) is 1.43. The highest BCUT2D eigenvalue weighted by atomic mass is 16.3. The molecule has 0 aliphatic carbocycles. The number of hydrogen-bond acceptors (Lipinski definition) is 3. The summed E-state index contributed by atoms with van der Waals surface area (Å²) in [5.74, 6) is 0.0405. The van der Waals surface area contributed by atoms with Crippen molar-refractivity contribution in [1.82, 2.24) is 0 Å². The van der Waals surface area contributed by atoms with Crippen LogP contribution in [0.4, 0.5) is 0 Å². The van der Waals surface area contributed by atoms with Gasteiger partial charge in [0.1, 0.15) is 0 Å². The number of azo groups is 1. The first kappa shape index (κ1) is 7.98. The molecule has 3 nitrogen and oxygen atoms in total. The number of hydrogen-bond donors (Lipinski definition) is 1. The number of aliphatic hydroxyl groups excluding tert-OH is 1. The van der Waals surface area contributed by atoms with Gasteiger partial charge >= 0.3 is 0 Å². The summed E-state index contributed by atoms with van der Waals surface area (Å²) in [7, 11) is 0. The van der Waals surface area contributed by atoms with E-state index in [1.165, 1.54) is 0 Å². The van der Waals surface area contributed by atoms with Crippen molar-refractivity contribution < 1.29 is 5.11 Å². The van der Waals surface area contributed by atoms with Gasteiger partial charge in [0.15, 0.2) is 0 Å². The quantitative estimate of drug-likeness (QED) is 0.699. The maximum atomic E-state index is 9.43. The molecule has 0 radical (unpaired) electrons. The lowest BCUT2D eigenvalue weighted by atomic mass is 10.0. The minimum absolute atomic E-state index is 0.0394. The van der Waals surface area contributed by atoms with Crippen LogP contribution >= 0.6 is 0 Å². The lowest BCUT2D eigenvalue weighted by Crippen LogP contribution is -1.98. The van der Waals surface area contributed by atoms with E-state index in [2.05, 4.69) is 10.2 Å². The summed E-state index contributed by atoms with van der Waals surface area (Å²) in [4.78, 5) is 0. The standard InChI is InChI=1S/C10H10N2O/c1-7-9(10(13)12-11-7)8-5-3-2-4-6-8/h2-7,13H,1H3. The minimum Gasteiger partial charge on any atom is -0.492 e. The Balaban J connectivity index is 2.44. The average Bonchev–Trinajstić information content (AvgIpc) is 2.48. The molecule has 0 amide bonds. The van der Waals surface area contributed by atoms with Crippen LogP contribution in [0.3, 0.4) is 0 Å². The molecule has 0 saturated heterocycles. The summed E-state index contributed by atoms with van der Waals surface area (Å²) in [6, 6.07) is 9.65. The second-order valence-electron chi connectivity index (χ2n) is 2.99. The van der Waals surface area contributed by atoms with Gasteiger partial charge in [-0.3, -0.25) is 0 Å². The summed E-state index contributed by atoms with van der Waals surface area (Å²) in [5.41, 5.74) is 1.79. The molecule has 13 heavy (non-hydrogen) atoms. The molecule has 0 saturated carbocycles. The van der Waals surface area contributed by atoms with Gasteiger partial charge in [-0.25, -0.2) is 0 Å². The van der Waals surface area contributed by atoms with Gasteiger partial charge in [-0.05, 0) is 12.5 Å². The van der Waals surface area contributed by atoms with Gasteiger partial charge in [0.25, 0.3) is 0 Å². The Morgan fingerprint density at radius 1 is 1.23 bits per heavy atom. The molecule has 0 aromatic heterocycles. The number of nitrogens with zero attached hydrogens (tertiary/aromatic N) is 2. The van der Waals surface area contributed by atoms with E-state index < -0.39 is 0 Å². The average molecular weight is 174 g/mol. The maximum Gasteiger partial charge on any atom is 0.236 e. The van der Waals surface area contributed by atoms with Crippen LogP contribution in [-0.4, -0.2) is 11.1 Å². The van der Waals surface area contributed by atoms with Crippen molar-refractivity contribution in [2.24, 2.45) is 10.2 Å². The Labute approximate surface area is 76.4 Å². The molecule has 66 valence electrons. The normalized spacial score (nSPS) is 21.2. The SMILES string of the molecule is CC1N=NC(O)=C1c1ccccc1. The van der Waals surface area contributed by atoms with Crippen LogP contribution in [0, 0.1) is 0 Å². The highest BCUT2D eigenvalue weighted by Gasteiger charge is 2.20. The summed E-state index contributed by atoms with van der Waals surface area (Å²) >= 11 is 0. The van der Waals surface area contributed by atoms with E-state index >= 15 is 0 Å². The van der Waals surface area contributed by atoms with Crippen LogP contribution in [-0.2, 0) is 0 Å². The van der Waals surface area contributed by atoms with Crippen molar-refractivity contribution in [3.05, 3.63) is 41.8 Å². The van der Waals surface area contributed by atoms with Crippen molar-refractivity contribution in [1.29, 1.82) is 0 Å². The molecule has 1 atom stereocenters. The Morgan fingerprint density at radius 3 is 2.46 bits per heavy atom. The minimum atomic E-state index is -0.0394. The van der Waals surface area contributed by atoms with Crippen LogP contribution in [0.15, 0.2) is 46.4 Å². The highest BCUT2D eigenvalue weighted by Crippen LogP contribution is 2.28. The van der Waals surface area contributed by atoms with Crippen molar-refractivity contribution in [2.45, 2.75) is 13.0 Å². The second-order valence-corrected chi connectivity index (χ2v) is 2.99. The van der Waals surface area contributed by atoms with Crippen molar-refractivity contribution in [3.63, 3.8) is 0 Å². The molecule has 0 spiro atoms. The molecule has 0 fully saturated rings. The molecule has 3 heteroatoms. The van der Waals surface area contributed by atoms with E-state index in [1.807, 2.05) is 37.3 Å². The summed E-state index contributed by atoms with van der Waals surface area (Å²) < 4.78 is 0. The maximum absolute atomic E-state index is 9.43. The van der Waals surface area contributed by atoms with Crippen LogP contribution in [0.1, 0.15) is 12.5 Å². The van der Waals surface area contributed by atoms with E-state index in [0.717, 1.165) is 11.1 Å². The van der Waals surface area contributed by atoms with E-state index in [0.29, 0.717) is 0 Å². The van der Waals surface area contributed by atoms with E-state index in [1.54, 1.807) is 0 Å². The molecule has 1 heterocycles. The van der Waals surface area contributed by atoms with Crippen LogP contribution in [0.5, 0.6) is 0 Å². The molecular weight excluding hydrogens is 164 g/mol. The monoisotopic (exact) mass is 174 g/mol. The van der Waals surface area contributed by atoms with E-state index in [-0.39, 0.29) is 11.9 Å². The summed E-state index contributed by atoms with van der Waals surface area (Å²) in [5, 5.41) is 16.9. The van der Waals surface area contributed by atoms with Crippen LogP contribution in [0.25, 0.3) is 5.57 Å². The summed E-state index contributed by atoms with van der Waals surface area (Å²) in [6.45, 7) is 1.91. The molecule has 1 aliphatic rings. The van der Waals surface area contributed by atoms with Gasteiger partial charge in [0.05, 0.1) is 6.04 Å². The molecule has 0 bridgehead atoms. The van der Waals surface area contributed by atoms with E-state index in [4.69, 9.17) is 0 Å². The third-order valence-corrected chi connectivity index (χ3v) is 2.07. The lowest BCUT2D eigenvalue weighted by molar-refractivity contribution is 0.408. The van der Waals surface area contributed by atoms with Crippen molar-refractivity contribution in [3.8, 4) is 0 Å². The second kappa shape index (κ2) is 3.01. The first-order valence-corrected chi connectivity index (χ1v) is 4.18. The first-order valence-electron chi connectivity index (χ1n) is 4.18. The summed E-state index contributed by atoms with van der Waals surface area (Å²) in [6.07, 6.45) is 0. The lowest BCUT2D eigenvalue weighted by Gasteiger charge is -2.04. The number of benzene rings is 1. The molecule has 1 aliphatic heterocycles. The van der Waals surface area contributed by atoms with Crippen molar-refractivity contribution in [2.75, 3.05) is 0 Å². The fourth-order valence-electron chi connectivity index (χ4n) is 1.43. The smallest absolute Gasteiger partial charge is 0.236 e. The van der Waals surface area contributed by atoms with E-state index in [9.17, 15) is 5.11 Å². The third-order valence-electron chi connectivity index (χ3n) is 2.07. The number of aliphatic hydroxyl groups is 1. The van der Waals surface area contributed by atoms with Gasteiger partial charge in [-0.1, -0.05) is 30.3 Å². The molecule has 2 rings (SSSR count). The zero-order valence-electron chi connectivity index (χ0n) is 7.31. The predicted octanol–water partition coefficient (Wildman–Crippen LogP) is 2.77. The molecule has 1 N–H and O–H groups in total. The van der Waals surface area contributed by atoms with Gasteiger partial charge in [0.2, 0.25) is 5.88 Å². The van der Waals surface area contributed by atoms with Crippen LogP contribution in [0.2, 0.25) is 0 Å². The first-order chi connectivity index (χ1) is 6.29. The molecule has 1 aromatic rings. The molecule has 1 aromatic carbocycles. The Morgan fingerprint density at radius 2 is 1.92 bits per heavy atom. The van der Waals surface area contributed by atoms with Crippen molar-refractivity contribution >= 4 is 5.57 Å². The van der Waals surface area contributed by atoms with Gasteiger partial charge in [0, 0.05) is 5.57 Å². The Hall–Kier alpha value is -1.64. The largest absolute Gasteiger partial charge is 0.492 e. The predicted molar refractivity (Wildman–Crippen MR) is 50.3 cm³/mol. The third kappa shape index (κ3) is 1.33. The zero-order chi connectivity index (χ0) is 9.26. The van der Waals surface area contributed by atoms with Gasteiger partial charge in [-0.15, -0.1) is 5.11 Å². The topological polar surface area (TPSA) is 45.0 Å². The Kier molecular flexibility index (Phi) is 1.85. The molecule has 1 unspecified atom stereocenters. The van der Waals surface area contributed by atoms with Gasteiger partial charge < -0.3 is 5.11 Å². The van der Waals surface area contributed by atoms with Gasteiger partial charge in [-0.2, -0.15) is 5.11 Å². The highest BCUT2D eigenvalue weighted by molar-refractivity contribution is 5.71. The zero-order valence-corrected chi connectivity index (χ0v) is 7.31.